The number of para-hydroxylation sites is 1. The van der Waals surface area contributed by atoms with Crippen molar-refractivity contribution in [1.82, 2.24) is 4.90 Å². The Balaban J connectivity index is 1.42. The van der Waals surface area contributed by atoms with E-state index >= 15 is 0 Å². The molecule has 214 valence electrons. The highest BCUT2D eigenvalue weighted by molar-refractivity contribution is 5.88. The van der Waals surface area contributed by atoms with Crippen LogP contribution >= 0.6 is 0 Å². The minimum atomic E-state index is -0.953. The predicted octanol–water partition coefficient (Wildman–Crippen LogP) is 5.22. The van der Waals surface area contributed by atoms with Gasteiger partial charge < -0.3 is 24.6 Å². The Bertz CT molecular complexity index is 1350. The second-order valence-electron chi connectivity index (χ2n) is 10.0. The van der Waals surface area contributed by atoms with Gasteiger partial charge in [-0.05, 0) is 73.1 Å². The third-order valence-electron chi connectivity index (χ3n) is 7.08. The van der Waals surface area contributed by atoms with E-state index in [0.29, 0.717) is 26.3 Å². The highest BCUT2D eigenvalue weighted by Gasteiger charge is 2.17. The maximum atomic E-state index is 11.9. The highest BCUT2D eigenvalue weighted by atomic mass is 16.5. The number of carbonyl (C=O) groups is 3. The number of hydrogen-bond donors (Lipinski definition) is 2. The average Bonchev–Trinajstić information content (AvgIpc) is 2.98. The molecule has 1 aliphatic heterocycles. The molecular formula is C33H35NO7. The van der Waals surface area contributed by atoms with Gasteiger partial charge in [-0.2, -0.15) is 0 Å². The van der Waals surface area contributed by atoms with Crippen LogP contribution in [0.25, 0.3) is 6.08 Å². The number of rotatable bonds is 14. The van der Waals surface area contributed by atoms with E-state index in [0.717, 1.165) is 48.1 Å². The molecule has 1 heterocycles. The second kappa shape index (κ2) is 14.8. The first-order valence-corrected chi connectivity index (χ1v) is 13.8. The molecule has 0 saturated carbocycles. The number of allylic oxidation sites excluding steroid dienone is 1. The summed E-state index contributed by atoms with van der Waals surface area (Å²) in [4.78, 5) is 36.2. The maximum Gasteiger partial charge on any atom is 0.335 e. The quantitative estimate of drug-likeness (QED) is 0.262. The summed E-state index contributed by atoms with van der Waals surface area (Å²) in [7, 11) is 0. The summed E-state index contributed by atoms with van der Waals surface area (Å²) in [5.41, 5.74) is 3.55. The molecule has 3 aromatic rings. The molecule has 0 aliphatic carbocycles. The van der Waals surface area contributed by atoms with Crippen molar-refractivity contribution in [2.75, 3.05) is 32.9 Å². The van der Waals surface area contributed by atoms with Gasteiger partial charge in [0.15, 0.2) is 0 Å². The first kappa shape index (κ1) is 29.6. The van der Waals surface area contributed by atoms with Crippen molar-refractivity contribution in [3.8, 4) is 5.75 Å². The summed E-state index contributed by atoms with van der Waals surface area (Å²) >= 11 is 0. The first-order chi connectivity index (χ1) is 19.9. The van der Waals surface area contributed by atoms with E-state index in [1.165, 1.54) is 0 Å². The molecule has 8 heteroatoms. The number of amides is 1. The summed E-state index contributed by atoms with van der Waals surface area (Å²) in [6.07, 6.45) is 7.25. The summed E-state index contributed by atoms with van der Waals surface area (Å²) in [6, 6.07) is 21.7. The van der Waals surface area contributed by atoms with E-state index in [2.05, 4.69) is 12.2 Å². The Morgan fingerprint density at radius 1 is 0.927 bits per heavy atom. The van der Waals surface area contributed by atoms with Gasteiger partial charge in [0.2, 0.25) is 5.91 Å². The molecule has 1 aliphatic rings. The molecule has 1 atom stereocenters. The number of hydrogen-bond acceptors (Lipinski definition) is 5. The lowest BCUT2D eigenvalue weighted by molar-refractivity contribution is -0.142. The Morgan fingerprint density at radius 2 is 1.59 bits per heavy atom. The smallest absolute Gasteiger partial charge is 0.335 e. The predicted molar refractivity (Wildman–Crippen MR) is 155 cm³/mol. The zero-order valence-electron chi connectivity index (χ0n) is 22.9. The fourth-order valence-electron chi connectivity index (χ4n) is 4.73. The molecule has 1 fully saturated rings. The largest absolute Gasteiger partial charge is 0.493 e. The van der Waals surface area contributed by atoms with Crippen LogP contribution < -0.4 is 4.74 Å². The molecule has 0 bridgehead atoms. The molecule has 41 heavy (non-hydrogen) atoms. The lowest BCUT2D eigenvalue weighted by atomic mass is 9.91. The Hall–Kier alpha value is -4.43. The van der Waals surface area contributed by atoms with E-state index in [-0.39, 0.29) is 29.6 Å². The lowest BCUT2D eigenvalue weighted by Crippen LogP contribution is -2.42. The Labute approximate surface area is 239 Å². The van der Waals surface area contributed by atoms with E-state index in [1.807, 2.05) is 53.4 Å². The van der Waals surface area contributed by atoms with Crippen LogP contribution in [-0.2, 0) is 22.4 Å². The van der Waals surface area contributed by atoms with E-state index in [1.54, 1.807) is 24.3 Å². The molecule has 0 spiro atoms. The van der Waals surface area contributed by atoms with Crippen LogP contribution in [-0.4, -0.2) is 65.9 Å². The van der Waals surface area contributed by atoms with Crippen molar-refractivity contribution in [1.29, 1.82) is 0 Å². The zero-order valence-corrected chi connectivity index (χ0v) is 22.9. The van der Waals surface area contributed by atoms with Gasteiger partial charge in [0, 0.05) is 18.7 Å². The minimum absolute atomic E-state index is 0.0149. The minimum Gasteiger partial charge on any atom is -0.493 e. The molecule has 0 radical (unpaired) electrons. The number of morpholine rings is 1. The van der Waals surface area contributed by atoms with Gasteiger partial charge in [0.05, 0.1) is 24.3 Å². The normalized spacial score (nSPS) is 14.2. The number of carboxylic acids is 2. The van der Waals surface area contributed by atoms with E-state index in [4.69, 9.17) is 9.47 Å². The van der Waals surface area contributed by atoms with Gasteiger partial charge >= 0.3 is 11.9 Å². The lowest BCUT2D eigenvalue weighted by Gasteiger charge is -2.26. The number of benzene rings is 3. The number of carboxylic acid groups (broad SMARTS) is 2. The molecule has 4 rings (SSSR count). The van der Waals surface area contributed by atoms with Crippen LogP contribution in [0.3, 0.4) is 0 Å². The first-order valence-electron chi connectivity index (χ1n) is 13.8. The second-order valence-corrected chi connectivity index (χ2v) is 10.0. The standard InChI is InChI=1S/C33H35NO7/c35-31-23-40-21-19-34(31)18-3-20-41-30-5-2-1-4-27(30)13-10-25(22-26-11-16-29(17-12-26)33(38)39)7-6-24-8-14-28(15-9-24)32(36)37/h1-2,4-5,8-17,25H,3,6-7,18-23H2,(H,36,37)(H,38,39). The van der Waals surface area contributed by atoms with Crippen molar-refractivity contribution in [3.63, 3.8) is 0 Å². The number of nitrogens with zero attached hydrogens (tertiary/aromatic N) is 1. The fraction of sp³-hybridized carbons (Fsp3) is 0.303. The molecule has 0 aromatic heterocycles. The SMILES string of the molecule is O=C(O)c1ccc(CCC(C=Cc2ccccc2OCCCN2CCOCC2=O)Cc2ccc(C(=O)O)cc2)cc1. The number of ether oxygens (including phenoxy) is 2. The van der Waals surface area contributed by atoms with Gasteiger partial charge in [-0.1, -0.05) is 54.6 Å². The van der Waals surface area contributed by atoms with Crippen molar-refractivity contribution in [3.05, 3.63) is 107 Å². The van der Waals surface area contributed by atoms with Gasteiger partial charge in [-0.15, -0.1) is 0 Å². The van der Waals surface area contributed by atoms with Gasteiger partial charge in [0.25, 0.3) is 0 Å². The molecular weight excluding hydrogens is 522 g/mol. The monoisotopic (exact) mass is 557 g/mol. The highest BCUT2D eigenvalue weighted by Crippen LogP contribution is 2.24. The van der Waals surface area contributed by atoms with Crippen molar-refractivity contribution < 1.29 is 34.1 Å². The van der Waals surface area contributed by atoms with Crippen LogP contribution in [0.5, 0.6) is 5.75 Å². The summed E-state index contributed by atoms with van der Waals surface area (Å²) < 4.78 is 11.3. The van der Waals surface area contributed by atoms with Crippen molar-refractivity contribution in [2.24, 2.45) is 5.92 Å². The molecule has 8 nitrogen and oxygen atoms in total. The van der Waals surface area contributed by atoms with Crippen LogP contribution in [0, 0.1) is 5.92 Å². The Morgan fingerprint density at radius 3 is 2.24 bits per heavy atom. The van der Waals surface area contributed by atoms with Crippen molar-refractivity contribution in [2.45, 2.75) is 25.7 Å². The van der Waals surface area contributed by atoms with Gasteiger partial charge in [-0.3, -0.25) is 4.79 Å². The van der Waals surface area contributed by atoms with Crippen LogP contribution in [0.2, 0.25) is 0 Å². The number of aromatic carboxylic acids is 2. The van der Waals surface area contributed by atoms with Gasteiger partial charge in [-0.25, -0.2) is 9.59 Å². The van der Waals surface area contributed by atoms with E-state index < -0.39 is 11.9 Å². The topological polar surface area (TPSA) is 113 Å². The molecule has 3 aromatic carbocycles. The average molecular weight is 558 g/mol. The van der Waals surface area contributed by atoms with Gasteiger partial charge in [0.1, 0.15) is 12.4 Å². The maximum absolute atomic E-state index is 11.9. The van der Waals surface area contributed by atoms with Crippen molar-refractivity contribution >= 4 is 23.9 Å². The summed E-state index contributed by atoms with van der Waals surface area (Å²) in [5, 5.41) is 18.4. The van der Waals surface area contributed by atoms with Crippen LogP contribution in [0.15, 0.2) is 78.9 Å². The summed E-state index contributed by atoms with van der Waals surface area (Å²) in [5.74, 6) is -0.972. The van der Waals surface area contributed by atoms with E-state index in [9.17, 15) is 24.6 Å². The Kier molecular flexibility index (Phi) is 10.7. The zero-order chi connectivity index (χ0) is 29.0. The number of aryl methyl sites for hydroxylation is 1. The molecule has 2 N–H and O–H groups in total. The molecule has 1 unspecified atom stereocenters. The molecule has 1 saturated heterocycles. The number of carbonyl (C=O) groups excluding carboxylic acids is 1. The fourth-order valence-corrected chi connectivity index (χ4v) is 4.73. The third-order valence-corrected chi connectivity index (χ3v) is 7.08. The van der Waals surface area contributed by atoms with Crippen LogP contribution in [0.1, 0.15) is 50.2 Å². The summed E-state index contributed by atoms with van der Waals surface area (Å²) in [6.45, 7) is 2.45. The third kappa shape index (κ3) is 9.05. The van der Waals surface area contributed by atoms with Crippen LogP contribution in [0.4, 0.5) is 0 Å². The molecule has 1 amide bonds.